The van der Waals surface area contributed by atoms with Crippen LogP contribution in [0.2, 0.25) is 5.02 Å². The largest absolute Gasteiger partial charge is 0.273 e. The van der Waals surface area contributed by atoms with Crippen LogP contribution < -0.4 is 10.9 Å². The molecule has 0 spiro atoms. The van der Waals surface area contributed by atoms with Gasteiger partial charge in [0.15, 0.2) is 0 Å². The smallest absolute Gasteiger partial charge is 0.269 e. The van der Waals surface area contributed by atoms with Gasteiger partial charge in [0.1, 0.15) is 0 Å². The van der Waals surface area contributed by atoms with Gasteiger partial charge in [0.25, 0.3) is 5.91 Å². The number of anilines is 1. The van der Waals surface area contributed by atoms with Gasteiger partial charge < -0.3 is 0 Å². The first-order valence-corrected chi connectivity index (χ1v) is 9.26. The maximum absolute atomic E-state index is 12.1. The number of thioether (sulfide) groups is 1. The van der Waals surface area contributed by atoms with Crippen LogP contribution in [0, 0.1) is 6.92 Å². The predicted molar refractivity (Wildman–Crippen MR) is 98.7 cm³/mol. The lowest BCUT2D eigenvalue weighted by atomic mass is 10.2. The molecule has 0 saturated heterocycles. The molecule has 0 fully saturated rings. The summed E-state index contributed by atoms with van der Waals surface area (Å²) < 4.78 is 1.02. The normalized spacial score (nSPS) is 10.7. The van der Waals surface area contributed by atoms with Gasteiger partial charge in [-0.2, -0.15) is 0 Å². The van der Waals surface area contributed by atoms with Gasteiger partial charge in [-0.15, -0.1) is 11.8 Å². The molecule has 2 aromatic carbocycles. The van der Waals surface area contributed by atoms with Crippen LogP contribution in [0.5, 0.6) is 0 Å². The quantitative estimate of drug-likeness (QED) is 0.519. The van der Waals surface area contributed by atoms with Crippen molar-refractivity contribution in [1.82, 2.24) is 10.4 Å². The molecular formula is C16H14ClN3OS2. The third-order valence-electron chi connectivity index (χ3n) is 3.38. The van der Waals surface area contributed by atoms with E-state index in [2.05, 4.69) is 15.8 Å². The van der Waals surface area contributed by atoms with Crippen molar-refractivity contribution in [3.05, 3.63) is 52.5 Å². The van der Waals surface area contributed by atoms with Crippen LogP contribution in [0.15, 0.2) is 41.3 Å². The fourth-order valence-electron chi connectivity index (χ4n) is 2.08. The van der Waals surface area contributed by atoms with Crippen molar-refractivity contribution in [3.8, 4) is 0 Å². The lowest BCUT2D eigenvalue weighted by Crippen LogP contribution is -2.29. The van der Waals surface area contributed by atoms with Crippen LogP contribution in [-0.4, -0.2) is 17.1 Å². The van der Waals surface area contributed by atoms with Crippen molar-refractivity contribution in [2.24, 2.45) is 0 Å². The van der Waals surface area contributed by atoms with E-state index in [4.69, 9.17) is 11.6 Å². The molecule has 3 aromatic rings. The molecule has 0 atom stereocenters. The zero-order valence-corrected chi connectivity index (χ0v) is 14.9. The highest BCUT2D eigenvalue weighted by Gasteiger charge is 2.10. The zero-order chi connectivity index (χ0) is 16.4. The molecule has 1 heterocycles. The fourth-order valence-corrected chi connectivity index (χ4v) is 3.52. The molecule has 7 heteroatoms. The molecule has 0 aliphatic carbocycles. The summed E-state index contributed by atoms with van der Waals surface area (Å²) in [6, 6.07) is 11.2. The van der Waals surface area contributed by atoms with Crippen LogP contribution in [0.1, 0.15) is 15.9 Å². The molecule has 0 unspecified atom stereocenters. The molecular weight excluding hydrogens is 350 g/mol. The van der Waals surface area contributed by atoms with Gasteiger partial charge in [-0.25, -0.2) is 4.98 Å². The van der Waals surface area contributed by atoms with Crippen LogP contribution in [0.25, 0.3) is 10.2 Å². The van der Waals surface area contributed by atoms with E-state index in [1.165, 1.54) is 11.3 Å². The highest BCUT2D eigenvalue weighted by Crippen LogP contribution is 2.31. The van der Waals surface area contributed by atoms with E-state index in [-0.39, 0.29) is 5.91 Å². The Morgan fingerprint density at radius 2 is 1.96 bits per heavy atom. The van der Waals surface area contributed by atoms with E-state index in [1.54, 1.807) is 23.9 Å². The first-order chi connectivity index (χ1) is 11.1. The Hall–Kier alpha value is -1.76. The second-order valence-electron chi connectivity index (χ2n) is 4.85. The number of benzene rings is 2. The van der Waals surface area contributed by atoms with Crippen molar-refractivity contribution in [1.29, 1.82) is 0 Å². The van der Waals surface area contributed by atoms with Crippen molar-refractivity contribution in [3.63, 3.8) is 0 Å². The van der Waals surface area contributed by atoms with Gasteiger partial charge in [-0.3, -0.25) is 15.6 Å². The number of thiazole rings is 1. The van der Waals surface area contributed by atoms with Gasteiger partial charge in [-0.05, 0) is 55.1 Å². The number of hydrogen-bond acceptors (Lipinski definition) is 5. The number of fused-ring (bicyclic) bond motifs is 1. The molecule has 0 aliphatic rings. The summed E-state index contributed by atoms with van der Waals surface area (Å²) >= 11 is 9.20. The van der Waals surface area contributed by atoms with E-state index in [0.717, 1.165) is 20.7 Å². The number of aryl methyl sites for hydroxylation is 1. The number of rotatable bonds is 4. The van der Waals surface area contributed by atoms with E-state index in [0.29, 0.717) is 15.7 Å². The van der Waals surface area contributed by atoms with Crippen LogP contribution in [-0.2, 0) is 0 Å². The molecule has 0 aliphatic heterocycles. The molecule has 1 amide bonds. The second kappa shape index (κ2) is 6.78. The molecule has 0 saturated carbocycles. The highest BCUT2D eigenvalue weighted by molar-refractivity contribution is 7.98. The third-order valence-corrected chi connectivity index (χ3v) is 5.47. The van der Waals surface area contributed by atoms with Crippen LogP contribution >= 0.6 is 34.7 Å². The first-order valence-electron chi connectivity index (χ1n) is 6.84. The van der Waals surface area contributed by atoms with E-state index in [9.17, 15) is 4.79 Å². The van der Waals surface area contributed by atoms with Gasteiger partial charge >= 0.3 is 0 Å². The number of carbonyl (C=O) groups excluding carboxylic acids is 1. The Kier molecular flexibility index (Phi) is 4.75. The van der Waals surface area contributed by atoms with E-state index >= 15 is 0 Å². The van der Waals surface area contributed by atoms with Gasteiger partial charge in [0.2, 0.25) is 5.13 Å². The first kappa shape index (κ1) is 16.1. The Bertz CT molecular complexity index is 862. The number of nitrogens with zero attached hydrogens (tertiary/aromatic N) is 1. The van der Waals surface area contributed by atoms with E-state index < -0.39 is 0 Å². The predicted octanol–water partition coefficient (Wildman–Crippen LogP) is 4.74. The van der Waals surface area contributed by atoms with Gasteiger partial charge in [0, 0.05) is 15.5 Å². The maximum Gasteiger partial charge on any atom is 0.269 e. The minimum atomic E-state index is -0.202. The van der Waals surface area contributed by atoms with Crippen molar-refractivity contribution in [2.75, 3.05) is 11.7 Å². The SMILES string of the molecule is CSc1ccc(C(=O)NNc2nc3c(C)c(Cl)ccc3s2)cc1. The Morgan fingerprint density at radius 3 is 2.65 bits per heavy atom. The Labute approximate surface area is 147 Å². The Morgan fingerprint density at radius 1 is 1.22 bits per heavy atom. The average molecular weight is 364 g/mol. The lowest BCUT2D eigenvalue weighted by molar-refractivity contribution is 0.0962. The number of halogens is 1. The number of hydrogen-bond donors (Lipinski definition) is 2. The van der Waals surface area contributed by atoms with Gasteiger partial charge in [-0.1, -0.05) is 22.9 Å². The summed E-state index contributed by atoms with van der Waals surface area (Å²) in [4.78, 5) is 17.7. The number of hydrazine groups is 1. The molecule has 3 rings (SSSR count). The van der Waals surface area contributed by atoms with Crippen molar-refractivity contribution in [2.45, 2.75) is 11.8 Å². The molecule has 0 bridgehead atoms. The van der Waals surface area contributed by atoms with Crippen molar-refractivity contribution < 1.29 is 4.79 Å². The van der Waals surface area contributed by atoms with Crippen LogP contribution in [0.3, 0.4) is 0 Å². The van der Waals surface area contributed by atoms with Crippen LogP contribution in [0.4, 0.5) is 5.13 Å². The zero-order valence-electron chi connectivity index (χ0n) is 12.5. The molecule has 118 valence electrons. The lowest BCUT2D eigenvalue weighted by Gasteiger charge is -2.05. The highest BCUT2D eigenvalue weighted by atomic mass is 35.5. The monoisotopic (exact) mass is 363 g/mol. The standard InChI is InChI=1S/C16H14ClN3OS2/c1-9-12(17)7-8-13-14(9)18-16(23-13)20-19-15(21)10-3-5-11(22-2)6-4-10/h3-8H,1-2H3,(H,18,20)(H,19,21). The topological polar surface area (TPSA) is 54.0 Å². The van der Waals surface area contributed by atoms with E-state index in [1.807, 2.05) is 37.4 Å². The molecule has 2 N–H and O–H groups in total. The minimum absolute atomic E-state index is 0.202. The van der Waals surface area contributed by atoms with Gasteiger partial charge in [0.05, 0.1) is 10.2 Å². The molecule has 4 nitrogen and oxygen atoms in total. The molecule has 1 aromatic heterocycles. The fraction of sp³-hybridized carbons (Fsp3) is 0.125. The number of amides is 1. The Balaban J connectivity index is 1.72. The molecule has 0 radical (unpaired) electrons. The minimum Gasteiger partial charge on any atom is -0.273 e. The summed E-state index contributed by atoms with van der Waals surface area (Å²) in [5, 5.41) is 1.31. The third kappa shape index (κ3) is 3.44. The summed E-state index contributed by atoms with van der Waals surface area (Å²) in [5.74, 6) is -0.202. The second-order valence-corrected chi connectivity index (χ2v) is 7.16. The number of nitrogens with one attached hydrogen (secondary N) is 2. The van der Waals surface area contributed by atoms with Crippen molar-refractivity contribution >= 4 is 56.0 Å². The maximum atomic E-state index is 12.1. The summed E-state index contributed by atoms with van der Waals surface area (Å²) in [6.45, 7) is 1.93. The molecule has 23 heavy (non-hydrogen) atoms. The summed E-state index contributed by atoms with van der Waals surface area (Å²) in [6.07, 6.45) is 2.00. The summed E-state index contributed by atoms with van der Waals surface area (Å²) in [5.41, 5.74) is 7.92. The summed E-state index contributed by atoms with van der Waals surface area (Å²) in [7, 11) is 0. The average Bonchev–Trinajstić information content (AvgIpc) is 3.00. The number of carbonyl (C=O) groups is 1. The number of aromatic nitrogens is 1.